The predicted molar refractivity (Wildman–Crippen MR) is 43.5 cm³/mol. The second-order valence-electron chi connectivity index (χ2n) is 1.92. The number of hydrogen-bond acceptors (Lipinski definition) is 3. The number of aliphatic carboxylic acids is 1. The molecule has 0 aromatic rings. The highest BCUT2D eigenvalue weighted by Gasteiger charge is 2.16. The maximum Gasteiger partial charge on any atom is 0.327 e. The smallest absolute Gasteiger partial charge is 0.327 e. The molecule has 0 aliphatic rings. The third-order valence-corrected chi connectivity index (χ3v) is 1.46. The van der Waals surface area contributed by atoms with E-state index in [-0.39, 0.29) is 11.7 Å². The van der Waals surface area contributed by atoms with Crippen LogP contribution in [-0.4, -0.2) is 35.9 Å². The molecule has 0 rings (SSSR count). The maximum absolute atomic E-state index is 10.4. The van der Waals surface area contributed by atoms with Crippen LogP contribution in [0.2, 0.25) is 0 Å². The van der Waals surface area contributed by atoms with Gasteiger partial charge in [-0.25, -0.2) is 16.4 Å². The average Bonchev–Trinajstić information content (AvgIpc) is 1.86. The molecule has 0 aromatic carbocycles. The van der Waals surface area contributed by atoms with Gasteiger partial charge >= 0.3 is 5.97 Å². The monoisotopic (exact) mass is 173 g/mol. The summed E-state index contributed by atoms with van der Waals surface area (Å²) in [5, 5.41) is 10.7. The van der Waals surface area contributed by atoms with Gasteiger partial charge in [0.25, 0.3) is 0 Å². The third-order valence-electron chi connectivity index (χ3n) is 0.938. The van der Waals surface area contributed by atoms with Crippen LogP contribution in [0.3, 0.4) is 0 Å². The molecule has 4 nitrogen and oxygen atoms in total. The molecule has 0 aliphatic carbocycles. The highest BCUT2D eigenvalue weighted by molar-refractivity contribution is 8.19. The molecular formula is C5H8BNO3S. The Bertz CT molecular complexity index is 164. The second-order valence-corrected chi connectivity index (χ2v) is 2.59. The molecular weight excluding hydrogens is 165 g/mol. The number of carbonyl (C=O) groups excluding carboxylic acids is 1. The average molecular weight is 173 g/mol. The fourth-order valence-corrected chi connectivity index (χ4v) is 0.935. The number of carbonyl (C=O) groups is 2. The largest absolute Gasteiger partial charge is 0.480 e. The molecule has 0 spiro atoms. The van der Waals surface area contributed by atoms with Gasteiger partial charge < -0.3 is 10.4 Å². The number of carboxylic acids is 1. The summed E-state index contributed by atoms with van der Waals surface area (Å²) in [7, 11) is 5.04. The van der Waals surface area contributed by atoms with Crippen molar-refractivity contribution in [3.8, 4) is 0 Å². The van der Waals surface area contributed by atoms with Crippen LogP contribution in [0.15, 0.2) is 0 Å². The Morgan fingerprint density at radius 2 is 2.27 bits per heavy atom. The first-order valence-corrected chi connectivity index (χ1v) is 3.94. The Kier molecular flexibility index (Phi) is 4.77. The Labute approximate surface area is 70.0 Å². The van der Waals surface area contributed by atoms with Gasteiger partial charge in [0.2, 0.25) is 5.91 Å². The van der Waals surface area contributed by atoms with Crippen molar-refractivity contribution in [3.05, 3.63) is 0 Å². The molecule has 11 heavy (non-hydrogen) atoms. The second kappa shape index (κ2) is 5.06. The van der Waals surface area contributed by atoms with Crippen LogP contribution in [-0.2, 0) is 9.59 Å². The summed E-state index contributed by atoms with van der Waals surface area (Å²) in [6.07, 6.45) is 0. The van der Waals surface area contributed by atoms with Crippen molar-refractivity contribution in [1.82, 2.24) is 5.32 Å². The van der Waals surface area contributed by atoms with E-state index in [2.05, 4.69) is 5.32 Å². The maximum atomic E-state index is 10.4. The standard InChI is InChI=1S/C5H8BNO3S/c1-3(8)7-4(2-11-6)5(9)10/h4H,2H2,1H3,(H,7,8)(H,9,10)/t4-/m0/s1. The fourth-order valence-electron chi connectivity index (χ4n) is 0.516. The van der Waals surface area contributed by atoms with Gasteiger partial charge in [0, 0.05) is 12.7 Å². The van der Waals surface area contributed by atoms with Crippen LogP contribution in [0.1, 0.15) is 6.92 Å². The van der Waals surface area contributed by atoms with E-state index in [1.54, 1.807) is 0 Å². The summed E-state index contributed by atoms with van der Waals surface area (Å²) in [5.74, 6) is -1.26. The normalized spacial score (nSPS) is 12.1. The van der Waals surface area contributed by atoms with Gasteiger partial charge in [0.05, 0.1) is 0 Å². The van der Waals surface area contributed by atoms with Crippen LogP contribution in [0.5, 0.6) is 0 Å². The molecule has 0 saturated carbocycles. The number of hydrogen-bond donors (Lipinski definition) is 2. The zero-order valence-electron chi connectivity index (χ0n) is 6.03. The SMILES string of the molecule is [B]SC[C@H](NC(C)=O)C(=O)O. The Morgan fingerprint density at radius 1 is 1.73 bits per heavy atom. The number of amides is 1. The van der Waals surface area contributed by atoms with Gasteiger partial charge in [0.1, 0.15) is 6.04 Å². The van der Waals surface area contributed by atoms with Crippen molar-refractivity contribution in [1.29, 1.82) is 0 Å². The van der Waals surface area contributed by atoms with Crippen LogP contribution in [0.25, 0.3) is 0 Å². The molecule has 2 radical (unpaired) electrons. The Balaban J connectivity index is 3.89. The molecule has 1 amide bonds. The molecule has 6 heteroatoms. The lowest BCUT2D eigenvalue weighted by atomic mass is 10.3. The van der Waals surface area contributed by atoms with E-state index in [1.165, 1.54) is 6.92 Å². The minimum Gasteiger partial charge on any atom is -0.480 e. The highest BCUT2D eigenvalue weighted by Crippen LogP contribution is 1.95. The summed E-state index contributed by atoms with van der Waals surface area (Å²) in [6, 6.07) is -0.887. The predicted octanol–water partition coefficient (Wildman–Crippen LogP) is -0.608. The van der Waals surface area contributed by atoms with Crippen LogP contribution in [0, 0.1) is 0 Å². The van der Waals surface area contributed by atoms with E-state index >= 15 is 0 Å². The molecule has 0 bridgehead atoms. The first kappa shape index (κ1) is 10.4. The summed E-state index contributed by atoms with van der Waals surface area (Å²) < 4.78 is 0. The van der Waals surface area contributed by atoms with Gasteiger partial charge in [-0.3, -0.25) is 4.79 Å². The van der Waals surface area contributed by atoms with E-state index in [0.29, 0.717) is 0 Å². The van der Waals surface area contributed by atoms with Gasteiger partial charge in [-0.2, -0.15) is 0 Å². The minimum absolute atomic E-state index is 0.176. The molecule has 1 atom stereocenters. The quantitative estimate of drug-likeness (QED) is 0.556. The molecule has 0 unspecified atom stereocenters. The van der Waals surface area contributed by atoms with E-state index < -0.39 is 12.0 Å². The lowest BCUT2D eigenvalue weighted by molar-refractivity contribution is -0.140. The van der Waals surface area contributed by atoms with Crippen molar-refractivity contribution in [2.75, 3.05) is 5.75 Å². The van der Waals surface area contributed by atoms with Gasteiger partial charge in [0.15, 0.2) is 7.12 Å². The highest BCUT2D eigenvalue weighted by atomic mass is 32.2. The van der Waals surface area contributed by atoms with E-state index in [4.69, 9.17) is 12.2 Å². The molecule has 0 heterocycles. The topological polar surface area (TPSA) is 66.4 Å². The molecule has 0 aromatic heterocycles. The van der Waals surface area contributed by atoms with E-state index in [9.17, 15) is 9.59 Å². The van der Waals surface area contributed by atoms with Crippen molar-refractivity contribution in [2.24, 2.45) is 0 Å². The first-order chi connectivity index (χ1) is 5.07. The number of carboxylic acid groups (broad SMARTS) is 1. The van der Waals surface area contributed by atoms with Crippen molar-refractivity contribution >= 4 is 30.6 Å². The lowest BCUT2D eigenvalue weighted by Gasteiger charge is -2.10. The van der Waals surface area contributed by atoms with Gasteiger partial charge in [-0.15, -0.1) is 0 Å². The molecule has 0 fully saturated rings. The summed E-state index contributed by atoms with van der Waals surface area (Å²) in [5.41, 5.74) is 0. The van der Waals surface area contributed by atoms with Crippen LogP contribution in [0.4, 0.5) is 0 Å². The van der Waals surface area contributed by atoms with Crippen molar-refractivity contribution in [2.45, 2.75) is 13.0 Å². The van der Waals surface area contributed by atoms with Crippen molar-refractivity contribution < 1.29 is 14.7 Å². The third kappa shape index (κ3) is 4.72. The van der Waals surface area contributed by atoms with Gasteiger partial charge in [-0.05, 0) is 0 Å². The Hall–Kier alpha value is -0.645. The van der Waals surface area contributed by atoms with E-state index in [1.807, 2.05) is 0 Å². The fraction of sp³-hybridized carbons (Fsp3) is 0.600. The van der Waals surface area contributed by atoms with Crippen LogP contribution >= 0.6 is 11.6 Å². The molecule has 60 valence electrons. The lowest BCUT2D eigenvalue weighted by Crippen LogP contribution is -2.41. The summed E-state index contributed by atoms with van der Waals surface area (Å²) >= 11 is 0.884. The molecule has 0 saturated heterocycles. The Morgan fingerprint density at radius 3 is 2.55 bits per heavy atom. The first-order valence-electron chi connectivity index (χ1n) is 2.89. The minimum atomic E-state index is -1.07. The van der Waals surface area contributed by atoms with Gasteiger partial charge in [-0.1, -0.05) is 0 Å². The zero-order valence-corrected chi connectivity index (χ0v) is 6.85. The number of rotatable bonds is 4. The summed E-state index contributed by atoms with van der Waals surface area (Å²) in [4.78, 5) is 20.8. The molecule has 2 N–H and O–H groups in total. The number of nitrogens with one attached hydrogen (secondary N) is 1. The zero-order chi connectivity index (χ0) is 8.85. The van der Waals surface area contributed by atoms with Crippen LogP contribution < -0.4 is 5.32 Å². The molecule has 0 aliphatic heterocycles. The van der Waals surface area contributed by atoms with E-state index in [0.717, 1.165) is 11.6 Å². The van der Waals surface area contributed by atoms with Crippen molar-refractivity contribution in [3.63, 3.8) is 0 Å². The summed E-state index contributed by atoms with van der Waals surface area (Å²) in [6.45, 7) is 1.26.